The average Bonchev–Trinajstić information content (AvgIpc) is 3.52. The minimum absolute atomic E-state index is 0.0825. The van der Waals surface area contributed by atoms with Gasteiger partial charge in [0, 0.05) is 13.5 Å². The van der Waals surface area contributed by atoms with E-state index < -0.39 is 11.7 Å². The van der Waals surface area contributed by atoms with Gasteiger partial charge >= 0.3 is 0 Å². The van der Waals surface area contributed by atoms with Gasteiger partial charge in [-0.05, 0) is 66.4 Å². The summed E-state index contributed by atoms with van der Waals surface area (Å²) in [5, 5.41) is 6.12. The Kier molecular flexibility index (Phi) is 6.18. The molecule has 0 N–H and O–H groups in total. The minimum Gasteiger partial charge on any atom is -0.454 e. The number of hydrogen-bond acceptors (Lipinski definition) is 5. The number of rotatable bonds is 5. The van der Waals surface area contributed by atoms with Crippen LogP contribution < -0.4 is 9.47 Å². The third-order valence-electron chi connectivity index (χ3n) is 6.61. The molecule has 5 rings (SSSR count). The summed E-state index contributed by atoms with van der Waals surface area (Å²) in [7, 11) is 1.48. The van der Waals surface area contributed by atoms with Crippen molar-refractivity contribution in [3.8, 4) is 11.5 Å². The van der Waals surface area contributed by atoms with Crippen LogP contribution in [0.5, 0.6) is 11.5 Å². The lowest BCUT2D eigenvalue weighted by Crippen LogP contribution is -2.39. The van der Waals surface area contributed by atoms with E-state index in [1.807, 2.05) is 44.2 Å². The molecule has 0 radical (unpaired) electrons. The molecule has 0 aliphatic carbocycles. The molecule has 0 saturated heterocycles. The maximum atomic E-state index is 14.1. The summed E-state index contributed by atoms with van der Waals surface area (Å²) in [5.41, 5.74) is 4.78. The van der Waals surface area contributed by atoms with Gasteiger partial charge < -0.3 is 14.4 Å². The lowest BCUT2D eigenvalue weighted by molar-refractivity contribution is -0.133. The van der Waals surface area contributed by atoms with Crippen LogP contribution in [0.15, 0.2) is 65.8 Å². The summed E-state index contributed by atoms with van der Waals surface area (Å²) in [6.45, 7) is 3.98. The highest BCUT2D eigenvalue weighted by Crippen LogP contribution is 2.39. The number of fused-ring (bicyclic) bond motifs is 1. The second-order valence-corrected chi connectivity index (χ2v) is 9.06. The number of nitrogens with zero attached hydrogens (tertiary/aromatic N) is 3. The molecule has 1 unspecified atom stereocenters. The van der Waals surface area contributed by atoms with Gasteiger partial charge in [0.1, 0.15) is 12.4 Å². The molecule has 2 aliphatic heterocycles. The van der Waals surface area contributed by atoms with Crippen LogP contribution in [-0.4, -0.2) is 47.8 Å². The number of carbonyl (C=O) groups is 2. The van der Waals surface area contributed by atoms with Gasteiger partial charge in [0.2, 0.25) is 6.79 Å². The van der Waals surface area contributed by atoms with Gasteiger partial charge in [0.25, 0.3) is 11.8 Å². The predicted octanol–water partition coefficient (Wildman–Crippen LogP) is 4.62. The number of ether oxygens (including phenoxy) is 2. The summed E-state index contributed by atoms with van der Waals surface area (Å²) in [6.07, 6.45) is 0.499. The van der Waals surface area contributed by atoms with Crippen LogP contribution >= 0.6 is 0 Å². The molecular formula is C28H26FN3O4. The fourth-order valence-electron chi connectivity index (χ4n) is 4.40. The molecule has 2 aliphatic rings. The molecule has 8 heteroatoms. The van der Waals surface area contributed by atoms with Gasteiger partial charge in [-0.2, -0.15) is 5.10 Å². The number of likely N-dealkylation sites (N-methyl/N-ethyl adjacent to an activating group) is 1. The first-order chi connectivity index (χ1) is 17.3. The molecule has 184 valence electrons. The molecule has 3 aromatic carbocycles. The van der Waals surface area contributed by atoms with Crippen molar-refractivity contribution in [1.29, 1.82) is 0 Å². The second-order valence-electron chi connectivity index (χ2n) is 9.06. The van der Waals surface area contributed by atoms with E-state index in [9.17, 15) is 14.0 Å². The molecule has 2 heterocycles. The summed E-state index contributed by atoms with van der Waals surface area (Å²) in [4.78, 5) is 27.5. The zero-order chi connectivity index (χ0) is 25.4. The molecule has 1 atom stereocenters. The van der Waals surface area contributed by atoms with Crippen LogP contribution in [-0.2, 0) is 4.79 Å². The van der Waals surface area contributed by atoms with Crippen LogP contribution in [0.4, 0.5) is 4.39 Å². The Morgan fingerprint density at radius 2 is 1.81 bits per heavy atom. The van der Waals surface area contributed by atoms with Crippen molar-refractivity contribution < 1.29 is 23.5 Å². The number of hydrogen-bond donors (Lipinski definition) is 0. The van der Waals surface area contributed by atoms with Crippen LogP contribution in [0.3, 0.4) is 0 Å². The second kappa shape index (κ2) is 9.45. The fraction of sp³-hybridized carbons (Fsp3) is 0.250. The van der Waals surface area contributed by atoms with E-state index in [4.69, 9.17) is 14.6 Å². The topological polar surface area (TPSA) is 71.4 Å². The number of halogens is 1. The molecule has 2 amide bonds. The van der Waals surface area contributed by atoms with Gasteiger partial charge in [-0.15, -0.1) is 0 Å². The van der Waals surface area contributed by atoms with Crippen LogP contribution in [0.1, 0.15) is 45.1 Å². The van der Waals surface area contributed by atoms with Crippen LogP contribution in [0.2, 0.25) is 0 Å². The molecule has 36 heavy (non-hydrogen) atoms. The van der Waals surface area contributed by atoms with E-state index in [0.717, 1.165) is 22.4 Å². The number of aryl methyl sites for hydroxylation is 2. The number of amides is 2. The first kappa shape index (κ1) is 23.5. The molecule has 0 saturated carbocycles. The Hall–Kier alpha value is -4.20. The van der Waals surface area contributed by atoms with Crippen LogP contribution in [0, 0.1) is 19.7 Å². The third kappa shape index (κ3) is 4.42. The van der Waals surface area contributed by atoms with Gasteiger partial charge in [-0.1, -0.05) is 30.3 Å². The number of carbonyl (C=O) groups excluding carboxylic acids is 2. The average molecular weight is 488 g/mol. The Bertz CT molecular complexity index is 1390. The summed E-state index contributed by atoms with van der Waals surface area (Å²) in [6, 6.07) is 17.0. The molecule has 0 aromatic heterocycles. The Morgan fingerprint density at radius 3 is 2.58 bits per heavy atom. The first-order valence-electron chi connectivity index (χ1n) is 11.7. The highest BCUT2D eigenvalue weighted by Gasteiger charge is 2.35. The molecule has 3 aromatic rings. The minimum atomic E-state index is -0.628. The van der Waals surface area contributed by atoms with Crippen molar-refractivity contribution >= 4 is 17.5 Å². The van der Waals surface area contributed by atoms with E-state index in [1.165, 1.54) is 40.7 Å². The lowest BCUT2D eigenvalue weighted by atomic mass is 9.96. The maximum Gasteiger partial charge on any atom is 0.262 e. The van der Waals surface area contributed by atoms with E-state index in [1.54, 1.807) is 6.07 Å². The monoisotopic (exact) mass is 487 g/mol. The van der Waals surface area contributed by atoms with E-state index in [2.05, 4.69) is 6.07 Å². The maximum absolute atomic E-state index is 14.1. The van der Waals surface area contributed by atoms with Gasteiger partial charge in [0.05, 0.1) is 17.3 Å². The number of benzene rings is 3. The zero-order valence-electron chi connectivity index (χ0n) is 20.3. The Morgan fingerprint density at radius 1 is 1.03 bits per heavy atom. The third-order valence-corrected chi connectivity index (χ3v) is 6.61. The molecule has 0 spiro atoms. The fourth-order valence-corrected chi connectivity index (χ4v) is 4.40. The Labute approximate surface area is 208 Å². The van der Waals surface area contributed by atoms with Crippen molar-refractivity contribution in [2.24, 2.45) is 5.10 Å². The summed E-state index contributed by atoms with van der Waals surface area (Å²) >= 11 is 0. The van der Waals surface area contributed by atoms with E-state index in [-0.39, 0.29) is 30.9 Å². The van der Waals surface area contributed by atoms with Crippen LogP contribution in [0.25, 0.3) is 0 Å². The molecule has 0 fully saturated rings. The summed E-state index contributed by atoms with van der Waals surface area (Å²) < 4.78 is 25.1. The van der Waals surface area contributed by atoms with Crippen molar-refractivity contribution in [3.63, 3.8) is 0 Å². The van der Waals surface area contributed by atoms with Crippen molar-refractivity contribution in [2.45, 2.75) is 26.3 Å². The summed E-state index contributed by atoms with van der Waals surface area (Å²) in [5.74, 6) is -0.301. The predicted molar refractivity (Wildman–Crippen MR) is 133 cm³/mol. The molecule has 7 nitrogen and oxygen atoms in total. The Balaban J connectivity index is 1.44. The standard InChI is InChI=1S/C28H26FN3O4/c1-17-8-9-19(12-18(17)2)23-14-24(20-10-11-25-26(13-20)36-16-35-25)32(30-23)27(33)15-31(3)28(34)21-6-4-5-7-22(21)29/h4-13,24H,14-16H2,1-3H3. The highest BCUT2D eigenvalue weighted by molar-refractivity contribution is 6.04. The van der Waals surface area contributed by atoms with Crippen molar-refractivity contribution in [3.05, 3.63) is 94.3 Å². The zero-order valence-corrected chi connectivity index (χ0v) is 20.3. The van der Waals surface area contributed by atoms with E-state index in [0.29, 0.717) is 17.9 Å². The van der Waals surface area contributed by atoms with Crippen molar-refractivity contribution in [2.75, 3.05) is 20.4 Å². The van der Waals surface area contributed by atoms with Crippen molar-refractivity contribution in [1.82, 2.24) is 9.91 Å². The van der Waals surface area contributed by atoms with E-state index >= 15 is 0 Å². The quantitative estimate of drug-likeness (QED) is 0.527. The normalized spacial score (nSPS) is 16.2. The first-order valence-corrected chi connectivity index (χ1v) is 11.7. The highest BCUT2D eigenvalue weighted by atomic mass is 19.1. The van der Waals surface area contributed by atoms with Gasteiger partial charge in [-0.3, -0.25) is 9.59 Å². The SMILES string of the molecule is Cc1ccc(C2=NN(C(=O)CN(C)C(=O)c3ccccc3F)C(c3ccc4c(c3)OCO4)C2)cc1C. The van der Waals surface area contributed by atoms with Gasteiger partial charge in [-0.25, -0.2) is 9.40 Å². The smallest absolute Gasteiger partial charge is 0.262 e. The largest absolute Gasteiger partial charge is 0.454 e. The molecule has 0 bridgehead atoms. The lowest BCUT2D eigenvalue weighted by Gasteiger charge is -2.25. The number of hydrazone groups is 1. The molecular weight excluding hydrogens is 461 g/mol. The van der Waals surface area contributed by atoms with Gasteiger partial charge in [0.15, 0.2) is 11.5 Å².